The Labute approximate surface area is 119 Å². The van der Waals surface area contributed by atoms with Crippen LogP contribution in [0, 0.1) is 5.92 Å². The SMILES string of the molecule is CCCC(CNC(=O)N1CCSC(C)(C)C1)C(=O)O. The Bertz CT molecular complexity index is 334. The zero-order chi connectivity index (χ0) is 14.5. The molecule has 110 valence electrons. The molecule has 1 saturated heterocycles. The van der Waals surface area contributed by atoms with Crippen molar-refractivity contribution in [3.05, 3.63) is 0 Å². The minimum atomic E-state index is -0.836. The van der Waals surface area contributed by atoms with E-state index in [2.05, 4.69) is 19.2 Å². The van der Waals surface area contributed by atoms with E-state index in [1.54, 1.807) is 4.90 Å². The predicted octanol–water partition coefficient (Wildman–Crippen LogP) is 2.02. The van der Waals surface area contributed by atoms with Crippen LogP contribution in [-0.2, 0) is 4.79 Å². The van der Waals surface area contributed by atoms with Gasteiger partial charge in [0.2, 0.25) is 0 Å². The van der Waals surface area contributed by atoms with Crippen LogP contribution < -0.4 is 5.32 Å². The molecule has 1 aliphatic rings. The number of carboxylic acid groups (broad SMARTS) is 1. The summed E-state index contributed by atoms with van der Waals surface area (Å²) in [6.45, 7) is 7.83. The van der Waals surface area contributed by atoms with Crippen molar-refractivity contribution in [2.24, 2.45) is 5.92 Å². The van der Waals surface area contributed by atoms with Gasteiger partial charge in [-0.2, -0.15) is 11.8 Å². The Hall–Kier alpha value is -0.910. The Morgan fingerprint density at radius 3 is 2.68 bits per heavy atom. The van der Waals surface area contributed by atoms with Gasteiger partial charge in [-0.3, -0.25) is 4.79 Å². The van der Waals surface area contributed by atoms with Crippen LogP contribution in [0.15, 0.2) is 0 Å². The second-order valence-corrected chi connectivity index (χ2v) is 7.34. The minimum Gasteiger partial charge on any atom is -0.481 e. The summed E-state index contributed by atoms with van der Waals surface area (Å²) in [6.07, 6.45) is 1.40. The molecule has 2 N–H and O–H groups in total. The number of hydrogen-bond acceptors (Lipinski definition) is 3. The van der Waals surface area contributed by atoms with Gasteiger partial charge >= 0.3 is 12.0 Å². The summed E-state index contributed by atoms with van der Waals surface area (Å²) in [4.78, 5) is 24.8. The first-order chi connectivity index (χ1) is 8.85. The molecule has 0 aromatic heterocycles. The molecule has 6 heteroatoms. The van der Waals surface area contributed by atoms with Gasteiger partial charge in [-0.05, 0) is 20.3 Å². The fourth-order valence-corrected chi connectivity index (χ4v) is 3.28. The summed E-state index contributed by atoms with van der Waals surface area (Å²) >= 11 is 1.86. The molecule has 1 fully saturated rings. The van der Waals surface area contributed by atoms with Crippen LogP contribution in [-0.4, -0.2) is 52.1 Å². The average Bonchev–Trinajstić information content (AvgIpc) is 2.32. The molecule has 0 saturated carbocycles. The third-order valence-corrected chi connectivity index (χ3v) is 4.50. The van der Waals surface area contributed by atoms with Crippen LogP contribution in [0.3, 0.4) is 0 Å². The second kappa shape index (κ2) is 7.03. The van der Waals surface area contributed by atoms with Crippen molar-refractivity contribution in [1.29, 1.82) is 0 Å². The van der Waals surface area contributed by atoms with Crippen LogP contribution in [0.1, 0.15) is 33.6 Å². The topological polar surface area (TPSA) is 69.6 Å². The van der Waals surface area contributed by atoms with Crippen LogP contribution in [0.5, 0.6) is 0 Å². The molecule has 1 aliphatic heterocycles. The van der Waals surface area contributed by atoms with E-state index in [1.807, 2.05) is 18.7 Å². The molecule has 1 heterocycles. The van der Waals surface area contributed by atoms with E-state index in [9.17, 15) is 9.59 Å². The standard InChI is InChI=1S/C13H24N2O3S/c1-4-5-10(11(16)17)8-14-12(18)15-6-7-19-13(2,3)9-15/h10H,4-9H2,1-3H3,(H,14,18)(H,16,17). The number of carbonyl (C=O) groups is 2. The van der Waals surface area contributed by atoms with E-state index < -0.39 is 11.9 Å². The van der Waals surface area contributed by atoms with Crippen LogP contribution in [0.2, 0.25) is 0 Å². The molecule has 0 aromatic rings. The zero-order valence-corrected chi connectivity index (χ0v) is 12.8. The first kappa shape index (κ1) is 16.1. The minimum absolute atomic E-state index is 0.0746. The van der Waals surface area contributed by atoms with Gasteiger partial charge in [0, 0.05) is 30.1 Å². The van der Waals surface area contributed by atoms with E-state index in [0.29, 0.717) is 13.0 Å². The lowest BCUT2D eigenvalue weighted by Gasteiger charge is -2.37. The van der Waals surface area contributed by atoms with Gasteiger partial charge in [-0.1, -0.05) is 13.3 Å². The normalized spacial score (nSPS) is 19.8. The molecule has 1 unspecified atom stereocenters. The molecular formula is C13H24N2O3S. The smallest absolute Gasteiger partial charge is 0.317 e. The largest absolute Gasteiger partial charge is 0.481 e. The molecule has 0 aromatic carbocycles. The maximum Gasteiger partial charge on any atom is 0.317 e. The number of carboxylic acids is 1. The van der Waals surface area contributed by atoms with Crippen LogP contribution in [0.4, 0.5) is 4.79 Å². The van der Waals surface area contributed by atoms with Crippen molar-refractivity contribution < 1.29 is 14.7 Å². The molecule has 0 bridgehead atoms. The summed E-state index contributed by atoms with van der Waals surface area (Å²) in [5.41, 5.74) is 0. The number of nitrogens with zero attached hydrogens (tertiary/aromatic N) is 1. The molecule has 1 atom stereocenters. The molecule has 2 amide bonds. The van der Waals surface area contributed by atoms with Crippen molar-refractivity contribution in [2.75, 3.05) is 25.4 Å². The first-order valence-corrected chi connectivity index (χ1v) is 7.74. The second-order valence-electron chi connectivity index (χ2n) is 5.54. The predicted molar refractivity (Wildman–Crippen MR) is 77.5 cm³/mol. The summed E-state index contributed by atoms with van der Waals surface area (Å²) in [6, 6.07) is -0.143. The van der Waals surface area contributed by atoms with Gasteiger partial charge in [0.1, 0.15) is 0 Å². The van der Waals surface area contributed by atoms with E-state index in [-0.39, 0.29) is 17.3 Å². The van der Waals surface area contributed by atoms with Crippen molar-refractivity contribution >= 4 is 23.8 Å². The van der Waals surface area contributed by atoms with E-state index >= 15 is 0 Å². The molecule has 0 spiro atoms. The molecule has 0 radical (unpaired) electrons. The Morgan fingerprint density at radius 1 is 1.47 bits per heavy atom. The van der Waals surface area contributed by atoms with E-state index in [4.69, 9.17) is 5.11 Å². The quantitative estimate of drug-likeness (QED) is 0.812. The maximum absolute atomic E-state index is 12.0. The number of urea groups is 1. The van der Waals surface area contributed by atoms with E-state index in [0.717, 1.165) is 18.7 Å². The highest BCUT2D eigenvalue weighted by molar-refractivity contribution is 8.00. The molecule has 0 aliphatic carbocycles. The van der Waals surface area contributed by atoms with Crippen LogP contribution >= 0.6 is 11.8 Å². The van der Waals surface area contributed by atoms with Gasteiger partial charge in [-0.25, -0.2) is 4.79 Å². The zero-order valence-electron chi connectivity index (χ0n) is 11.9. The highest BCUT2D eigenvalue weighted by Gasteiger charge is 2.30. The summed E-state index contributed by atoms with van der Waals surface area (Å²) < 4.78 is 0.0746. The average molecular weight is 288 g/mol. The third-order valence-electron chi connectivity index (χ3n) is 3.20. The van der Waals surface area contributed by atoms with Gasteiger partial charge < -0.3 is 15.3 Å². The summed E-state index contributed by atoms with van der Waals surface area (Å²) in [5, 5.41) is 11.8. The molecule has 1 rings (SSSR count). The lowest BCUT2D eigenvalue weighted by molar-refractivity contribution is -0.141. The van der Waals surface area contributed by atoms with Crippen molar-refractivity contribution in [3.63, 3.8) is 0 Å². The fraction of sp³-hybridized carbons (Fsp3) is 0.846. The van der Waals surface area contributed by atoms with Gasteiger partial charge in [-0.15, -0.1) is 0 Å². The maximum atomic E-state index is 12.0. The third kappa shape index (κ3) is 5.30. The Morgan fingerprint density at radius 2 is 2.16 bits per heavy atom. The number of amides is 2. The van der Waals surface area contributed by atoms with Gasteiger partial charge in [0.05, 0.1) is 5.92 Å². The first-order valence-electron chi connectivity index (χ1n) is 6.75. The highest BCUT2D eigenvalue weighted by Crippen LogP contribution is 2.29. The number of aliphatic carboxylic acids is 1. The van der Waals surface area contributed by atoms with Crippen LogP contribution in [0.25, 0.3) is 0 Å². The van der Waals surface area contributed by atoms with Gasteiger partial charge in [0.25, 0.3) is 0 Å². The monoisotopic (exact) mass is 288 g/mol. The number of hydrogen-bond donors (Lipinski definition) is 2. The van der Waals surface area contributed by atoms with Crippen molar-refractivity contribution in [1.82, 2.24) is 10.2 Å². The highest BCUT2D eigenvalue weighted by atomic mass is 32.2. The lowest BCUT2D eigenvalue weighted by atomic mass is 10.0. The molecular weight excluding hydrogens is 264 g/mol. The number of nitrogens with one attached hydrogen (secondary N) is 1. The van der Waals surface area contributed by atoms with E-state index in [1.165, 1.54) is 0 Å². The number of rotatable bonds is 5. The van der Waals surface area contributed by atoms with Gasteiger partial charge in [0.15, 0.2) is 0 Å². The Kier molecular flexibility index (Phi) is 5.97. The number of carbonyl (C=O) groups excluding carboxylic acids is 1. The van der Waals surface area contributed by atoms with Crippen molar-refractivity contribution in [2.45, 2.75) is 38.4 Å². The summed E-state index contributed by atoms with van der Waals surface area (Å²) in [7, 11) is 0. The molecule has 19 heavy (non-hydrogen) atoms. The van der Waals surface area contributed by atoms with Crippen molar-refractivity contribution in [3.8, 4) is 0 Å². The summed E-state index contributed by atoms with van der Waals surface area (Å²) in [5.74, 6) is -0.393. The lowest BCUT2D eigenvalue weighted by Crippen LogP contribution is -2.51. The Balaban J connectivity index is 2.43. The fourth-order valence-electron chi connectivity index (χ4n) is 2.17. The molecule has 5 nitrogen and oxygen atoms in total. The number of thioether (sulfide) groups is 1.